The van der Waals surface area contributed by atoms with Gasteiger partial charge in [-0.3, -0.25) is 14.4 Å². The molecule has 0 aliphatic carbocycles. The van der Waals surface area contributed by atoms with Gasteiger partial charge in [0.1, 0.15) is 13.2 Å². The van der Waals surface area contributed by atoms with Crippen LogP contribution in [0.5, 0.6) is 0 Å². The zero-order valence-corrected chi connectivity index (χ0v) is 47.5. The van der Waals surface area contributed by atoms with E-state index in [-0.39, 0.29) is 31.1 Å². The summed E-state index contributed by atoms with van der Waals surface area (Å²) in [7, 11) is 0. The molecule has 0 aromatic rings. The summed E-state index contributed by atoms with van der Waals surface area (Å²) in [5.74, 6) is -0.872. The molecule has 0 amide bonds. The van der Waals surface area contributed by atoms with E-state index < -0.39 is 6.10 Å². The molecule has 0 aliphatic heterocycles. The van der Waals surface area contributed by atoms with Gasteiger partial charge in [0.15, 0.2) is 6.10 Å². The number of unbranched alkanes of at least 4 members (excludes halogenated alkanes) is 38. The summed E-state index contributed by atoms with van der Waals surface area (Å²) in [4.78, 5) is 38.2. The van der Waals surface area contributed by atoms with Crippen molar-refractivity contribution in [1.82, 2.24) is 0 Å². The third-order valence-electron chi connectivity index (χ3n) is 13.8. The highest BCUT2D eigenvalue weighted by Gasteiger charge is 2.19. The van der Waals surface area contributed by atoms with E-state index in [1.807, 2.05) is 0 Å². The normalized spacial score (nSPS) is 12.3. The minimum Gasteiger partial charge on any atom is -0.462 e. The number of carbonyl (C=O) groups excluding carboxylic acids is 3. The van der Waals surface area contributed by atoms with Crippen LogP contribution in [-0.4, -0.2) is 37.2 Å². The third-order valence-corrected chi connectivity index (χ3v) is 13.8. The van der Waals surface area contributed by atoms with Crippen LogP contribution in [0.15, 0.2) is 48.6 Å². The smallest absolute Gasteiger partial charge is 0.306 e. The fourth-order valence-corrected chi connectivity index (χ4v) is 9.09. The second-order valence-electron chi connectivity index (χ2n) is 21.0. The molecule has 0 aromatic heterocycles. The lowest BCUT2D eigenvalue weighted by atomic mass is 10.0. The molecule has 0 aliphatic rings. The van der Waals surface area contributed by atoms with Crippen LogP contribution < -0.4 is 0 Å². The Hall–Kier alpha value is -2.63. The monoisotopic (exact) mass is 995 g/mol. The summed E-state index contributed by atoms with van der Waals surface area (Å²) in [5.41, 5.74) is 0. The van der Waals surface area contributed by atoms with Crippen LogP contribution in [0, 0.1) is 0 Å². The Labute approximate surface area is 441 Å². The van der Waals surface area contributed by atoms with E-state index in [1.165, 1.54) is 212 Å². The van der Waals surface area contributed by atoms with E-state index in [1.54, 1.807) is 0 Å². The molecule has 0 aromatic carbocycles. The van der Waals surface area contributed by atoms with Crippen LogP contribution in [0.3, 0.4) is 0 Å². The summed E-state index contributed by atoms with van der Waals surface area (Å²) in [6.45, 7) is 6.64. The van der Waals surface area contributed by atoms with Crippen LogP contribution in [0.1, 0.15) is 329 Å². The van der Waals surface area contributed by atoms with Gasteiger partial charge >= 0.3 is 17.9 Å². The highest BCUT2D eigenvalue weighted by atomic mass is 16.6. The molecule has 1 atom stereocenters. The lowest BCUT2D eigenvalue weighted by molar-refractivity contribution is -0.167. The maximum Gasteiger partial charge on any atom is 0.306 e. The Kier molecular flexibility index (Phi) is 57.7. The van der Waals surface area contributed by atoms with Crippen LogP contribution >= 0.6 is 0 Å². The summed E-state index contributed by atoms with van der Waals surface area (Å²) in [6, 6.07) is 0. The van der Waals surface area contributed by atoms with Crippen LogP contribution in [0.2, 0.25) is 0 Å². The molecule has 0 saturated heterocycles. The second kappa shape index (κ2) is 59.9. The summed E-state index contributed by atoms with van der Waals surface area (Å²) in [6.07, 6.45) is 73.9. The van der Waals surface area contributed by atoms with Gasteiger partial charge in [-0.25, -0.2) is 0 Å². The Morgan fingerprint density at radius 1 is 0.282 bits per heavy atom. The Morgan fingerprint density at radius 3 is 0.831 bits per heavy atom. The van der Waals surface area contributed by atoms with Crippen molar-refractivity contribution in [3.63, 3.8) is 0 Å². The molecule has 71 heavy (non-hydrogen) atoms. The molecule has 414 valence electrons. The minimum absolute atomic E-state index is 0.0758. The largest absolute Gasteiger partial charge is 0.462 e. The van der Waals surface area contributed by atoms with E-state index >= 15 is 0 Å². The topological polar surface area (TPSA) is 78.9 Å². The zero-order chi connectivity index (χ0) is 51.4. The van der Waals surface area contributed by atoms with E-state index in [0.717, 1.165) is 77.0 Å². The number of rotatable bonds is 57. The molecule has 0 spiro atoms. The first kappa shape index (κ1) is 68.4. The summed E-state index contributed by atoms with van der Waals surface area (Å²) < 4.78 is 16.9. The molecule has 6 nitrogen and oxygen atoms in total. The van der Waals surface area contributed by atoms with Crippen molar-refractivity contribution in [2.45, 2.75) is 335 Å². The summed E-state index contributed by atoms with van der Waals surface area (Å²) >= 11 is 0. The Balaban J connectivity index is 4.34. The molecular weight excluding hydrogens is 877 g/mol. The van der Waals surface area contributed by atoms with Crippen LogP contribution in [0.4, 0.5) is 0 Å². The minimum atomic E-state index is -0.779. The molecule has 0 fully saturated rings. The van der Waals surface area contributed by atoms with Gasteiger partial charge in [0.25, 0.3) is 0 Å². The number of allylic oxidation sites excluding steroid dienone is 8. The molecule has 0 heterocycles. The molecule has 6 heteroatoms. The van der Waals surface area contributed by atoms with Gasteiger partial charge in [-0.1, -0.05) is 275 Å². The highest BCUT2D eigenvalue weighted by Crippen LogP contribution is 2.16. The average Bonchev–Trinajstić information content (AvgIpc) is 3.37. The molecule has 1 unspecified atom stereocenters. The maximum atomic E-state index is 12.9. The van der Waals surface area contributed by atoms with Crippen LogP contribution in [-0.2, 0) is 28.6 Å². The zero-order valence-electron chi connectivity index (χ0n) is 47.5. The van der Waals surface area contributed by atoms with Gasteiger partial charge < -0.3 is 14.2 Å². The number of esters is 3. The van der Waals surface area contributed by atoms with Gasteiger partial charge in [-0.05, 0) is 83.5 Å². The van der Waals surface area contributed by atoms with Gasteiger partial charge in [-0.2, -0.15) is 0 Å². The van der Waals surface area contributed by atoms with Crippen LogP contribution in [0.25, 0.3) is 0 Å². The van der Waals surface area contributed by atoms with E-state index in [0.29, 0.717) is 19.3 Å². The number of ether oxygens (including phenoxy) is 3. The van der Waals surface area contributed by atoms with Crippen molar-refractivity contribution in [2.75, 3.05) is 13.2 Å². The molecular formula is C65H118O6. The van der Waals surface area contributed by atoms with Crippen molar-refractivity contribution < 1.29 is 28.6 Å². The quantitative estimate of drug-likeness (QED) is 0.0261. The Bertz CT molecular complexity index is 1230. The van der Waals surface area contributed by atoms with Crippen molar-refractivity contribution >= 4 is 17.9 Å². The van der Waals surface area contributed by atoms with Crippen molar-refractivity contribution in [3.05, 3.63) is 48.6 Å². The predicted octanol–water partition coefficient (Wildman–Crippen LogP) is 21.0. The second-order valence-corrected chi connectivity index (χ2v) is 21.0. The van der Waals surface area contributed by atoms with Gasteiger partial charge in [0, 0.05) is 19.3 Å². The lowest BCUT2D eigenvalue weighted by Gasteiger charge is -2.18. The molecule has 0 saturated carbocycles. The van der Waals surface area contributed by atoms with Gasteiger partial charge in [-0.15, -0.1) is 0 Å². The standard InChI is InChI=1S/C65H118O6/c1-4-7-10-13-16-19-22-25-27-29-31-32-34-35-37-40-43-46-49-52-55-58-64(67)70-61-62(60-69-63(66)57-54-51-48-45-42-39-24-21-18-15-12-9-6-3)71-65(68)59-56-53-50-47-44-41-38-36-33-30-28-26-23-20-17-14-11-8-5-2/h17,20,26,28-29,31,33,36,62H,4-16,18-19,21-25,27,30,32,34-35,37-61H2,1-3H3/b20-17-,28-26-,31-29-,36-33-. The maximum absolute atomic E-state index is 12.9. The fourth-order valence-electron chi connectivity index (χ4n) is 9.09. The SMILES string of the molecule is CCCCC/C=C\C/C=C\C/C=C\CCCCCCCCC(=O)OC(COC(=O)CCCCCCCCCCC/C=C\CCCCCCCCCC)COC(=O)CCCCCCCCCCCCCCC. The highest BCUT2D eigenvalue weighted by molar-refractivity contribution is 5.71. The van der Waals surface area contributed by atoms with E-state index in [4.69, 9.17) is 14.2 Å². The van der Waals surface area contributed by atoms with Gasteiger partial charge in [0.2, 0.25) is 0 Å². The lowest BCUT2D eigenvalue weighted by Crippen LogP contribution is -2.30. The fraction of sp³-hybridized carbons (Fsp3) is 0.831. The molecule has 0 radical (unpaired) electrons. The Morgan fingerprint density at radius 2 is 0.507 bits per heavy atom. The molecule has 0 rings (SSSR count). The van der Waals surface area contributed by atoms with Crippen molar-refractivity contribution in [1.29, 1.82) is 0 Å². The number of hydrogen-bond donors (Lipinski definition) is 0. The first-order chi connectivity index (χ1) is 35.0. The van der Waals surface area contributed by atoms with Crippen molar-refractivity contribution in [2.24, 2.45) is 0 Å². The average molecular weight is 996 g/mol. The number of carbonyl (C=O) groups is 3. The first-order valence-electron chi connectivity index (χ1n) is 31.1. The van der Waals surface area contributed by atoms with Crippen molar-refractivity contribution in [3.8, 4) is 0 Å². The predicted molar refractivity (Wildman–Crippen MR) is 307 cm³/mol. The molecule has 0 N–H and O–H groups in total. The first-order valence-corrected chi connectivity index (χ1v) is 31.1. The van der Waals surface area contributed by atoms with E-state index in [9.17, 15) is 14.4 Å². The van der Waals surface area contributed by atoms with Gasteiger partial charge in [0.05, 0.1) is 0 Å². The van der Waals surface area contributed by atoms with E-state index in [2.05, 4.69) is 69.4 Å². The summed E-state index contributed by atoms with van der Waals surface area (Å²) in [5, 5.41) is 0. The molecule has 0 bridgehead atoms. The third kappa shape index (κ3) is 58.1. The number of hydrogen-bond acceptors (Lipinski definition) is 6.